The molecule has 1 aliphatic rings. The SMILES string of the molecule is CC(C)CCOCCC1CC(C)CCC1=O. The van der Waals surface area contributed by atoms with Crippen LogP contribution >= 0.6 is 0 Å². The van der Waals surface area contributed by atoms with E-state index in [4.69, 9.17) is 4.74 Å². The van der Waals surface area contributed by atoms with Gasteiger partial charge in [0.1, 0.15) is 5.78 Å². The van der Waals surface area contributed by atoms with E-state index in [1.54, 1.807) is 0 Å². The van der Waals surface area contributed by atoms with Crippen LogP contribution in [0.5, 0.6) is 0 Å². The van der Waals surface area contributed by atoms with Crippen LogP contribution in [-0.2, 0) is 9.53 Å². The van der Waals surface area contributed by atoms with Crippen molar-refractivity contribution in [3.63, 3.8) is 0 Å². The Bertz CT molecular complexity index is 211. The average Bonchev–Trinajstić information content (AvgIpc) is 2.22. The molecule has 0 aromatic heterocycles. The van der Waals surface area contributed by atoms with Crippen molar-refractivity contribution in [2.45, 2.75) is 52.9 Å². The van der Waals surface area contributed by atoms with Gasteiger partial charge < -0.3 is 4.74 Å². The van der Waals surface area contributed by atoms with Crippen LogP contribution in [0.2, 0.25) is 0 Å². The number of hydrogen-bond acceptors (Lipinski definition) is 2. The lowest BCUT2D eigenvalue weighted by Gasteiger charge is -2.25. The molecule has 1 aliphatic carbocycles. The van der Waals surface area contributed by atoms with Crippen LogP contribution in [0.15, 0.2) is 0 Å². The van der Waals surface area contributed by atoms with Crippen LogP contribution in [0.4, 0.5) is 0 Å². The molecule has 2 nitrogen and oxygen atoms in total. The number of hydrogen-bond donors (Lipinski definition) is 0. The predicted molar refractivity (Wildman–Crippen MR) is 66.4 cm³/mol. The van der Waals surface area contributed by atoms with E-state index in [0.717, 1.165) is 51.2 Å². The van der Waals surface area contributed by atoms with E-state index in [-0.39, 0.29) is 5.92 Å². The lowest BCUT2D eigenvalue weighted by Crippen LogP contribution is -2.24. The lowest BCUT2D eigenvalue weighted by molar-refractivity contribution is -0.126. The predicted octanol–water partition coefficient (Wildman–Crippen LogP) is 3.44. The highest BCUT2D eigenvalue weighted by Gasteiger charge is 2.25. The molecule has 1 saturated carbocycles. The van der Waals surface area contributed by atoms with Crippen LogP contribution in [0.25, 0.3) is 0 Å². The number of carbonyl (C=O) groups excluding carboxylic acids is 1. The normalized spacial score (nSPS) is 26.4. The third-order valence-corrected chi connectivity index (χ3v) is 3.48. The van der Waals surface area contributed by atoms with Gasteiger partial charge >= 0.3 is 0 Å². The Morgan fingerprint density at radius 1 is 1.38 bits per heavy atom. The Hall–Kier alpha value is -0.370. The maximum atomic E-state index is 11.7. The molecule has 1 fully saturated rings. The van der Waals surface area contributed by atoms with Gasteiger partial charge in [-0.2, -0.15) is 0 Å². The van der Waals surface area contributed by atoms with Gasteiger partial charge in [0.15, 0.2) is 0 Å². The third-order valence-electron chi connectivity index (χ3n) is 3.48. The summed E-state index contributed by atoms with van der Waals surface area (Å²) in [5.41, 5.74) is 0. The fourth-order valence-corrected chi connectivity index (χ4v) is 2.25. The summed E-state index contributed by atoms with van der Waals surface area (Å²) in [6.45, 7) is 8.26. The minimum Gasteiger partial charge on any atom is -0.381 e. The Morgan fingerprint density at radius 2 is 2.12 bits per heavy atom. The molecule has 1 rings (SSSR count). The monoisotopic (exact) mass is 226 g/mol. The van der Waals surface area contributed by atoms with E-state index < -0.39 is 0 Å². The van der Waals surface area contributed by atoms with E-state index >= 15 is 0 Å². The number of Topliss-reactive ketones (excluding diaryl/α,β-unsaturated/α-hetero) is 1. The van der Waals surface area contributed by atoms with Gasteiger partial charge in [0.2, 0.25) is 0 Å². The van der Waals surface area contributed by atoms with Gasteiger partial charge in [-0.05, 0) is 37.5 Å². The van der Waals surface area contributed by atoms with Crippen molar-refractivity contribution in [2.24, 2.45) is 17.8 Å². The maximum Gasteiger partial charge on any atom is 0.136 e. The summed E-state index contributed by atoms with van der Waals surface area (Å²) < 4.78 is 5.58. The van der Waals surface area contributed by atoms with E-state index in [9.17, 15) is 4.79 Å². The molecule has 94 valence electrons. The average molecular weight is 226 g/mol. The van der Waals surface area contributed by atoms with Crippen molar-refractivity contribution in [2.75, 3.05) is 13.2 Å². The van der Waals surface area contributed by atoms with Gasteiger partial charge in [-0.1, -0.05) is 20.8 Å². The van der Waals surface area contributed by atoms with Gasteiger partial charge in [-0.3, -0.25) is 4.79 Å². The Kier molecular flexibility index (Phi) is 6.04. The smallest absolute Gasteiger partial charge is 0.136 e. The summed E-state index contributed by atoms with van der Waals surface area (Å²) in [6, 6.07) is 0. The molecule has 2 heteroatoms. The van der Waals surface area contributed by atoms with Crippen LogP contribution in [0.1, 0.15) is 52.9 Å². The quantitative estimate of drug-likeness (QED) is 0.648. The van der Waals surface area contributed by atoms with Crippen LogP contribution in [0.3, 0.4) is 0 Å². The summed E-state index contributed by atoms with van der Waals surface area (Å²) in [5, 5.41) is 0. The fraction of sp³-hybridized carbons (Fsp3) is 0.929. The first-order valence-corrected chi connectivity index (χ1v) is 6.70. The fourth-order valence-electron chi connectivity index (χ4n) is 2.25. The summed E-state index contributed by atoms with van der Waals surface area (Å²) in [5.74, 6) is 2.17. The Labute approximate surface area is 99.8 Å². The molecule has 0 amide bonds. The zero-order valence-corrected chi connectivity index (χ0v) is 11.0. The molecule has 0 aliphatic heterocycles. The Balaban J connectivity index is 2.09. The largest absolute Gasteiger partial charge is 0.381 e. The molecule has 0 heterocycles. The molecule has 0 aromatic rings. The van der Waals surface area contributed by atoms with Crippen molar-refractivity contribution in [3.8, 4) is 0 Å². The molecule has 0 bridgehead atoms. The second-order valence-corrected chi connectivity index (χ2v) is 5.63. The van der Waals surface area contributed by atoms with Crippen LogP contribution < -0.4 is 0 Å². The number of carbonyl (C=O) groups is 1. The van der Waals surface area contributed by atoms with Crippen molar-refractivity contribution in [1.29, 1.82) is 0 Å². The van der Waals surface area contributed by atoms with Gasteiger partial charge in [-0.25, -0.2) is 0 Å². The summed E-state index contributed by atoms with van der Waals surface area (Å²) in [7, 11) is 0. The highest BCUT2D eigenvalue weighted by atomic mass is 16.5. The van der Waals surface area contributed by atoms with Crippen LogP contribution in [0, 0.1) is 17.8 Å². The molecular formula is C14H26O2. The minimum absolute atomic E-state index is 0.280. The first-order chi connectivity index (χ1) is 7.59. The first kappa shape index (κ1) is 13.7. The standard InChI is InChI=1S/C14H26O2/c1-11(2)6-8-16-9-7-13-10-12(3)4-5-14(13)15/h11-13H,4-10H2,1-3H3. The molecule has 2 unspecified atom stereocenters. The molecule has 16 heavy (non-hydrogen) atoms. The number of ether oxygens (including phenoxy) is 1. The van der Waals surface area contributed by atoms with Crippen molar-refractivity contribution >= 4 is 5.78 Å². The molecule has 0 N–H and O–H groups in total. The molecule has 0 radical (unpaired) electrons. The van der Waals surface area contributed by atoms with E-state index in [1.807, 2.05) is 0 Å². The van der Waals surface area contributed by atoms with Gasteiger partial charge in [0.25, 0.3) is 0 Å². The second-order valence-electron chi connectivity index (χ2n) is 5.63. The lowest BCUT2D eigenvalue weighted by atomic mass is 9.80. The van der Waals surface area contributed by atoms with Crippen molar-refractivity contribution in [1.82, 2.24) is 0 Å². The molecule has 0 saturated heterocycles. The number of ketones is 1. The summed E-state index contributed by atoms with van der Waals surface area (Å²) >= 11 is 0. The van der Waals surface area contributed by atoms with Crippen molar-refractivity contribution < 1.29 is 9.53 Å². The zero-order chi connectivity index (χ0) is 12.0. The second kappa shape index (κ2) is 7.05. The summed E-state index contributed by atoms with van der Waals surface area (Å²) in [4.78, 5) is 11.7. The zero-order valence-electron chi connectivity index (χ0n) is 11.0. The van der Waals surface area contributed by atoms with Gasteiger partial charge in [0.05, 0.1) is 0 Å². The molecule has 0 spiro atoms. The molecular weight excluding hydrogens is 200 g/mol. The van der Waals surface area contributed by atoms with Gasteiger partial charge in [0, 0.05) is 25.6 Å². The molecule has 0 aromatic carbocycles. The van der Waals surface area contributed by atoms with Crippen molar-refractivity contribution in [3.05, 3.63) is 0 Å². The van der Waals surface area contributed by atoms with E-state index in [2.05, 4.69) is 20.8 Å². The first-order valence-electron chi connectivity index (χ1n) is 6.70. The highest BCUT2D eigenvalue weighted by Crippen LogP contribution is 2.28. The summed E-state index contributed by atoms with van der Waals surface area (Å²) in [6.07, 6.45) is 5.00. The van der Waals surface area contributed by atoms with E-state index in [1.165, 1.54) is 0 Å². The molecule has 2 atom stereocenters. The van der Waals surface area contributed by atoms with Gasteiger partial charge in [-0.15, -0.1) is 0 Å². The topological polar surface area (TPSA) is 26.3 Å². The number of rotatable bonds is 6. The highest BCUT2D eigenvalue weighted by molar-refractivity contribution is 5.81. The van der Waals surface area contributed by atoms with Crippen LogP contribution in [-0.4, -0.2) is 19.0 Å². The van der Waals surface area contributed by atoms with E-state index in [0.29, 0.717) is 11.7 Å². The Morgan fingerprint density at radius 3 is 2.81 bits per heavy atom. The minimum atomic E-state index is 0.280. The third kappa shape index (κ3) is 5.11. The maximum absolute atomic E-state index is 11.7.